The van der Waals surface area contributed by atoms with Crippen molar-refractivity contribution < 1.29 is 4.74 Å². The van der Waals surface area contributed by atoms with E-state index < -0.39 is 0 Å². The molecular formula is C13H17NO. The van der Waals surface area contributed by atoms with Crippen molar-refractivity contribution in [3.8, 4) is 11.8 Å². The van der Waals surface area contributed by atoms with Gasteiger partial charge in [0, 0.05) is 0 Å². The molecule has 2 heteroatoms. The molecule has 0 aliphatic rings. The summed E-state index contributed by atoms with van der Waals surface area (Å²) in [6.45, 7) is 4.22. The molecule has 0 bridgehead atoms. The van der Waals surface area contributed by atoms with Crippen LogP contribution in [0.25, 0.3) is 0 Å². The van der Waals surface area contributed by atoms with Crippen LogP contribution in [0.2, 0.25) is 0 Å². The molecule has 0 aromatic heterocycles. The van der Waals surface area contributed by atoms with Gasteiger partial charge in [-0.25, -0.2) is 0 Å². The second-order valence-electron chi connectivity index (χ2n) is 3.77. The van der Waals surface area contributed by atoms with Gasteiger partial charge in [0.05, 0.1) is 19.1 Å². The van der Waals surface area contributed by atoms with Crippen LogP contribution in [0.4, 0.5) is 0 Å². The summed E-state index contributed by atoms with van der Waals surface area (Å²) in [7, 11) is 1.64. The van der Waals surface area contributed by atoms with Crippen LogP contribution in [0.3, 0.4) is 0 Å². The lowest BCUT2D eigenvalue weighted by Gasteiger charge is -2.16. The monoisotopic (exact) mass is 203 g/mol. The highest BCUT2D eigenvalue weighted by Gasteiger charge is 2.16. The second-order valence-corrected chi connectivity index (χ2v) is 3.77. The first-order valence-electron chi connectivity index (χ1n) is 5.26. The number of benzene rings is 1. The van der Waals surface area contributed by atoms with Gasteiger partial charge in [-0.2, -0.15) is 5.26 Å². The molecule has 80 valence electrons. The van der Waals surface area contributed by atoms with Crippen molar-refractivity contribution in [1.82, 2.24) is 0 Å². The molecule has 0 spiro atoms. The maximum Gasteiger partial charge on any atom is 0.118 e. The molecule has 0 fully saturated rings. The lowest BCUT2D eigenvalue weighted by Crippen LogP contribution is -2.06. The third-order valence-electron chi connectivity index (χ3n) is 2.83. The number of hydrogen-bond donors (Lipinski definition) is 0. The molecule has 2 atom stereocenters. The van der Waals surface area contributed by atoms with Crippen LogP contribution >= 0.6 is 0 Å². The van der Waals surface area contributed by atoms with Crippen molar-refractivity contribution in [2.75, 3.05) is 7.11 Å². The van der Waals surface area contributed by atoms with Crippen LogP contribution in [-0.2, 0) is 0 Å². The Kier molecular flexibility index (Phi) is 4.17. The molecule has 0 heterocycles. The first-order valence-corrected chi connectivity index (χ1v) is 5.26. The van der Waals surface area contributed by atoms with Crippen LogP contribution in [0.15, 0.2) is 24.3 Å². The fraction of sp³-hybridized carbons (Fsp3) is 0.462. The van der Waals surface area contributed by atoms with Crippen LogP contribution in [0.5, 0.6) is 5.75 Å². The van der Waals surface area contributed by atoms with Gasteiger partial charge in [0.2, 0.25) is 0 Å². The molecule has 2 nitrogen and oxygen atoms in total. The Hall–Kier alpha value is -1.49. The largest absolute Gasteiger partial charge is 0.497 e. The molecular weight excluding hydrogens is 186 g/mol. The first-order chi connectivity index (χ1) is 7.22. The molecule has 0 saturated carbocycles. The Labute approximate surface area is 91.5 Å². The number of methoxy groups -OCH3 is 1. The number of ether oxygens (including phenoxy) is 1. The average Bonchev–Trinajstić information content (AvgIpc) is 2.30. The molecule has 15 heavy (non-hydrogen) atoms. The maximum absolute atomic E-state index is 9.13. The molecule has 1 rings (SSSR count). The van der Waals surface area contributed by atoms with Crippen LogP contribution in [-0.4, -0.2) is 7.11 Å². The van der Waals surface area contributed by atoms with E-state index >= 15 is 0 Å². The summed E-state index contributed by atoms with van der Waals surface area (Å²) in [5.41, 5.74) is 1.08. The number of hydrogen-bond acceptors (Lipinski definition) is 2. The van der Waals surface area contributed by atoms with Gasteiger partial charge >= 0.3 is 0 Å². The fourth-order valence-corrected chi connectivity index (χ4v) is 1.58. The second kappa shape index (κ2) is 5.41. The Morgan fingerprint density at radius 1 is 1.33 bits per heavy atom. The summed E-state index contributed by atoms with van der Waals surface area (Å²) in [5.74, 6) is 1.21. The zero-order valence-electron chi connectivity index (χ0n) is 9.53. The topological polar surface area (TPSA) is 33.0 Å². The third kappa shape index (κ3) is 2.73. The van der Waals surface area contributed by atoms with E-state index in [1.54, 1.807) is 7.11 Å². The van der Waals surface area contributed by atoms with E-state index in [-0.39, 0.29) is 5.92 Å². The summed E-state index contributed by atoms with van der Waals surface area (Å²) in [6.07, 6.45) is 1.02. The molecule has 0 saturated heterocycles. The highest BCUT2D eigenvalue weighted by molar-refractivity contribution is 5.32. The molecule has 1 aromatic carbocycles. The van der Waals surface area contributed by atoms with Crippen molar-refractivity contribution in [3.05, 3.63) is 29.8 Å². The van der Waals surface area contributed by atoms with Crippen LogP contribution < -0.4 is 4.74 Å². The molecule has 0 amide bonds. The minimum absolute atomic E-state index is 0.0130. The van der Waals surface area contributed by atoms with Gasteiger partial charge in [-0.3, -0.25) is 0 Å². The number of rotatable bonds is 4. The van der Waals surface area contributed by atoms with E-state index in [9.17, 15) is 0 Å². The Balaban J connectivity index is 2.89. The zero-order chi connectivity index (χ0) is 11.3. The van der Waals surface area contributed by atoms with E-state index in [4.69, 9.17) is 10.00 Å². The van der Waals surface area contributed by atoms with Gasteiger partial charge in [0.25, 0.3) is 0 Å². The molecule has 0 aliphatic heterocycles. The normalized spacial score (nSPS) is 14.0. The summed E-state index contributed by atoms with van der Waals surface area (Å²) in [5, 5.41) is 9.13. The molecule has 0 radical (unpaired) electrons. The van der Waals surface area contributed by atoms with Gasteiger partial charge < -0.3 is 4.74 Å². The van der Waals surface area contributed by atoms with E-state index in [1.807, 2.05) is 24.3 Å². The third-order valence-corrected chi connectivity index (χ3v) is 2.83. The van der Waals surface area contributed by atoms with Crippen molar-refractivity contribution in [2.24, 2.45) is 5.92 Å². The fourth-order valence-electron chi connectivity index (χ4n) is 1.58. The van der Waals surface area contributed by atoms with Crippen molar-refractivity contribution in [1.29, 1.82) is 5.26 Å². The van der Waals surface area contributed by atoms with Gasteiger partial charge in [0.15, 0.2) is 0 Å². The molecule has 1 aromatic rings. The number of nitrogens with zero attached hydrogens (tertiary/aromatic N) is 1. The van der Waals surface area contributed by atoms with E-state index in [2.05, 4.69) is 19.9 Å². The van der Waals surface area contributed by atoms with Crippen molar-refractivity contribution in [3.63, 3.8) is 0 Å². The highest BCUT2D eigenvalue weighted by atomic mass is 16.5. The van der Waals surface area contributed by atoms with E-state index in [0.717, 1.165) is 17.7 Å². The molecule has 0 N–H and O–H groups in total. The Morgan fingerprint density at radius 3 is 2.33 bits per heavy atom. The summed E-state index contributed by atoms with van der Waals surface area (Å²) in [6, 6.07) is 10.1. The first kappa shape index (κ1) is 11.6. The van der Waals surface area contributed by atoms with Crippen molar-refractivity contribution >= 4 is 0 Å². The lowest BCUT2D eigenvalue weighted by molar-refractivity contribution is 0.414. The predicted molar refractivity (Wildman–Crippen MR) is 60.8 cm³/mol. The quantitative estimate of drug-likeness (QED) is 0.751. The Morgan fingerprint density at radius 2 is 1.93 bits per heavy atom. The minimum atomic E-state index is -0.0130. The summed E-state index contributed by atoms with van der Waals surface area (Å²) >= 11 is 0. The molecule has 2 unspecified atom stereocenters. The maximum atomic E-state index is 9.13. The number of nitriles is 1. The summed E-state index contributed by atoms with van der Waals surface area (Å²) in [4.78, 5) is 0. The SMILES string of the molecule is CCC(C)C(C#N)c1ccc(OC)cc1. The predicted octanol–water partition coefficient (Wildman–Crippen LogP) is 3.35. The Bertz CT molecular complexity index is 337. The standard InChI is InChI=1S/C13H17NO/c1-4-10(2)13(9-14)11-5-7-12(15-3)8-6-11/h5-8,10,13H,4H2,1-3H3. The highest BCUT2D eigenvalue weighted by Crippen LogP contribution is 2.27. The van der Waals surface area contributed by atoms with Gasteiger partial charge in [0.1, 0.15) is 5.75 Å². The smallest absolute Gasteiger partial charge is 0.118 e. The van der Waals surface area contributed by atoms with Gasteiger partial charge in [-0.05, 0) is 23.6 Å². The lowest BCUT2D eigenvalue weighted by atomic mass is 9.87. The summed E-state index contributed by atoms with van der Waals surface area (Å²) < 4.78 is 5.09. The van der Waals surface area contributed by atoms with Gasteiger partial charge in [-0.1, -0.05) is 32.4 Å². The van der Waals surface area contributed by atoms with Crippen LogP contribution in [0.1, 0.15) is 31.7 Å². The van der Waals surface area contributed by atoms with E-state index in [0.29, 0.717) is 5.92 Å². The van der Waals surface area contributed by atoms with Gasteiger partial charge in [-0.15, -0.1) is 0 Å². The zero-order valence-corrected chi connectivity index (χ0v) is 9.53. The van der Waals surface area contributed by atoms with Crippen molar-refractivity contribution in [2.45, 2.75) is 26.2 Å². The van der Waals surface area contributed by atoms with E-state index in [1.165, 1.54) is 0 Å². The average molecular weight is 203 g/mol. The minimum Gasteiger partial charge on any atom is -0.497 e. The van der Waals surface area contributed by atoms with Crippen LogP contribution in [0, 0.1) is 17.2 Å². The molecule has 0 aliphatic carbocycles.